The number of aliphatic carboxylic acids is 1. The first-order valence-electron chi connectivity index (χ1n) is 15.0. The molecule has 13 nitrogen and oxygen atoms in total. The zero-order chi connectivity index (χ0) is 31.6. The van der Waals surface area contributed by atoms with Gasteiger partial charge in [-0.05, 0) is 32.6 Å². The molecule has 0 saturated heterocycles. The molecule has 0 heterocycles. The average Bonchev–Trinajstić information content (AvgIpc) is 2.91. The van der Waals surface area contributed by atoms with E-state index >= 15 is 0 Å². The van der Waals surface area contributed by atoms with Crippen LogP contribution in [0.15, 0.2) is 10.2 Å². The van der Waals surface area contributed by atoms with Crippen LogP contribution in [0.25, 0.3) is 0 Å². The van der Waals surface area contributed by atoms with Crippen molar-refractivity contribution in [2.24, 2.45) is 16.0 Å². The highest BCUT2D eigenvalue weighted by atomic mass is 32.2. The van der Waals surface area contributed by atoms with Crippen LogP contribution in [0.5, 0.6) is 0 Å². The Bertz CT molecular complexity index is 956. The Morgan fingerprint density at radius 1 is 0.762 bits per heavy atom. The number of hydrogen-bond donors (Lipinski definition) is 5. The van der Waals surface area contributed by atoms with E-state index in [4.69, 9.17) is 10.9 Å². The Labute approximate surface area is 251 Å². The molecule has 0 aromatic carbocycles. The van der Waals surface area contributed by atoms with Gasteiger partial charge in [0.05, 0.1) is 5.75 Å². The van der Waals surface area contributed by atoms with Crippen molar-refractivity contribution in [2.75, 3.05) is 5.75 Å². The molecule has 0 aliphatic heterocycles. The molecular formula is C28H52N6O7S. The average molecular weight is 617 g/mol. The van der Waals surface area contributed by atoms with E-state index in [9.17, 15) is 27.6 Å². The van der Waals surface area contributed by atoms with E-state index in [1.54, 1.807) is 0 Å². The summed E-state index contributed by atoms with van der Waals surface area (Å²) in [6, 6.07) is -1.21. The Morgan fingerprint density at radius 3 is 1.69 bits per heavy atom. The predicted octanol–water partition coefficient (Wildman–Crippen LogP) is 3.48. The van der Waals surface area contributed by atoms with Crippen LogP contribution in [0.3, 0.4) is 0 Å². The largest absolute Gasteiger partial charge is 0.480 e. The van der Waals surface area contributed by atoms with Gasteiger partial charge >= 0.3 is 5.97 Å². The Kier molecular flexibility index (Phi) is 22.8. The molecule has 14 heteroatoms. The molecule has 0 saturated carbocycles. The molecule has 0 aromatic rings. The lowest BCUT2D eigenvalue weighted by molar-refractivity contribution is -0.142. The molecule has 0 rings (SSSR count). The summed E-state index contributed by atoms with van der Waals surface area (Å²) < 4.78 is 26.3. The summed E-state index contributed by atoms with van der Waals surface area (Å²) >= 11 is 0. The first-order valence-corrected chi connectivity index (χ1v) is 16.7. The summed E-state index contributed by atoms with van der Waals surface area (Å²) in [4.78, 5) is 46.2. The number of carboxylic acid groups (broad SMARTS) is 1. The first-order chi connectivity index (χ1) is 20.0. The van der Waals surface area contributed by atoms with Crippen molar-refractivity contribution in [2.45, 2.75) is 135 Å². The van der Waals surface area contributed by atoms with Crippen molar-refractivity contribution in [3.8, 4) is 0 Å². The van der Waals surface area contributed by atoms with Crippen molar-refractivity contribution in [1.29, 1.82) is 0 Å². The van der Waals surface area contributed by atoms with Gasteiger partial charge in [0.15, 0.2) is 0 Å². The Morgan fingerprint density at radius 2 is 1.24 bits per heavy atom. The zero-order valence-electron chi connectivity index (χ0n) is 25.2. The van der Waals surface area contributed by atoms with Gasteiger partial charge in [-0.2, -0.15) is 10.2 Å². The summed E-state index contributed by atoms with van der Waals surface area (Å²) in [7, 11) is -3.88. The quantitative estimate of drug-likeness (QED) is 0.0300. The van der Waals surface area contributed by atoms with Gasteiger partial charge in [0.1, 0.15) is 17.7 Å². The number of nitrogens with two attached hydrogens (primary N) is 1. The number of amidine groups is 1. The molecule has 2 amide bonds. The molecule has 6 N–H and O–H groups in total. The van der Waals surface area contributed by atoms with Crippen molar-refractivity contribution >= 4 is 46.1 Å². The van der Waals surface area contributed by atoms with E-state index < -0.39 is 39.6 Å². The van der Waals surface area contributed by atoms with Crippen LogP contribution >= 0.6 is 0 Å². The topological polar surface area (TPSA) is 209 Å². The molecule has 0 bridgehead atoms. The first kappa shape index (κ1) is 39.0. The number of carboxylic acids is 1. The second-order valence-corrected chi connectivity index (χ2v) is 12.4. The van der Waals surface area contributed by atoms with Crippen molar-refractivity contribution in [3.63, 3.8) is 0 Å². The van der Waals surface area contributed by atoms with Crippen LogP contribution in [-0.2, 0) is 29.2 Å². The fraction of sp³-hybridized carbons (Fsp3) is 0.786. The number of ketones is 1. The van der Waals surface area contributed by atoms with Gasteiger partial charge in [-0.3, -0.25) is 19.7 Å². The van der Waals surface area contributed by atoms with Gasteiger partial charge in [0.25, 0.3) is 0 Å². The number of rotatable bonds is 27. The van der Waals surface area contributed by atoms with E-state index in [1.807, 2.05) is 4.72 Å². The molecule has 1 atom stereocenters. The molecule has 0 aliphatic carbocycles. The number of carbonyl (C=O) groups excluding carboxylic acids is 3. The van der Waals surface area contributed by atoms with Crippen LogP contribution in [0.4, 0.5) is 0 Å². The number of nitrogens with zero attached hydrogens (tertiary/aromatic N) is 2. The van der Waals surface area contributed by atoms with Crippen molar-refractivity contribution in [3.05, 3.63) is 0 Å². The Balaban J connectivity index is 3.77. The van der Waals surface area contributed by atoms with Gasteiger partial charge in [-0.15, -0.1) is 0 Å². The molecule has 242 valence electrons. The fourth-order valence-corrected chi connectivity index (χ4v) is 5.41. The summed E-state index contributed by atoms with van der Waals surface area (Å²) in [6.07, 6.45) is 14.8. The minimum absolute atomic E-state index is 0.0156. The molecule has 0 aromatic heterocycles. The summed E-state index contributed by atoms with van der Waals surface area (Å²) in [5, 5.41) is 18.6. The maximum absolute atomic E-state index is 12.1. The predicted molar refractivity (Wildman–Crippen MR) is 164 cm³/mol. The number of carbonyl (C=O) groups is 4. The highest BCUT2D eigenvalue weighted by Crippen LogP contribution is 2.13. The fourth-order valence-electron chi connectivity index (χ4n) is 4.33. The van der Waals surface area contributed by atoms with E-state index in [1.165, 1.54) is 45.4 Å². The molecular weight excluding hydrogens is 564 g/mol. The number of hydrogen-bond acceptors (Lipinski definition) is 9. The highest BCUT2D eigenvalue weighted by molar-refractivity contribution is 7.90. The SMILES string of the molecule is C=NN/C(CCCCCCCCCCCCCCCC(=O)NS(=O)(=O)CCCC(=O)NC(CCC(C)=O)C(=O)O)=N\N. The van der Waals surface area contributed by atoms with E-state index in [0.29, 0.717) is 12.3 Å². The summed E-state index contributed by atoms with van der Waals surface area (Å²) in [5.74, 6) is 2.87. The maximum Gasteiger partial charge on any atom is 0.326 e. The molecule has 42 heavy (non-hydrogen) atoms. The van der Waals surface area contributed by atoms with E-state index in [0.717, 1.165) is 44.9 Å². The van der Waals surface area contributed by atoms with Crippen LogP contribution in [0, 0.1) is 0 Å². The van der Waals surface area contributed by atoms with Crippen molar-refractivity contribution < 1.29 is 32.7 Å². The molecule has 1 unspecified atom stereocenters. The number of Topliss-reactive ketones (excluding diaryl/α,β-unsaturated/α-hetero) is 1. The lowest BCUT2D eigenvalue weighted by Gasteiger charge is -2.13. The second kappa shape index (κ2) is 24.6. The number of sulfonamides is 1. The van der Waals surface area contributed by atoms with Crippen LogP contribution in [0.1, 0.15) is 129 Å². The van der Waals surface area contributed by atoms with Gasteiger partial charge in [-0.1, -0.05) is 70.6 Å². The van der Waals surface area contributed by atoms with Crippen LogP contribution < -0.4 is 21.3 Å². The lowest BCUT2D eigenvalue weighted by atomic mass is 10.0. The van der Waals surface area contributed by atoms with Crippen LogP contribution in [-0.4, -0.2) is 61.4 Å². The third-order valence-corrected chi connectivity index (χ3v) is 8.05. The van der Waals surface area contributed by atoms with Gasteiger partial charge in [0.2, 0.25) is 21.8 Å². The molecule has 0 spiro atoms. The van der Waals surface area contributed by atoms with E-state index in [-0.39, 0.29) is 37.9 Å². The molecule has 0 radical (unpaired) electrons. The monoisotopic (exact) mass is 616 g/mol. The number of unbranched alkanes of at least 4 members (excludes halogenated alkanes) is 12. The van der Waals surface area contributed by atoms with E-state index in [2.05, 4.69) is 27.7 Å². The minimum Gasteiger partial charge on any atom is -0.480 e. The van der Waals surface area contributed by atoms with Crippen LogP contribution in [0.2, 0.25) is 0 Å². The van der Waals surface area contributed by atoms with Gasteiger partial charge in [0, 0.05) is 32.4 Å². The number of amides is 2. The third-order valence-electron chi connectivity index (χ3n) is 6.69. The number of nitrogens with one attached hydrogen (secondary N) is 3. The standard InChI is InChI=1S/C28H52N6O7S/c1-23(35)20-21-24(28(38)39)31-26(36)19-16-22-42(40,41)34-27(37)18-15-13-11-9-7-5-3-4-6-8-10-12-14-17-25(32-29)33-30-2/h24H,2-22,29H2,1H3,(H,31,36)(H,32,33)(H,34,37)(H,38,39). The maximum atomic E-state index is 12.1. The lowest BCUT2D eigenvalue weighted by Crippen LogP contribution is -2.41. The summed E-state index contributed by atoms with van der Waals surface area (Å²) in [6.45, 7) is 4.68. The molecule has 0 aliphatic rings. The van der Waals surface area contributed by atoms with Crippen molar-refractivity contribution in [1.82, 2.24) is 15.5 Å². The number of hydrazone groups is 2. The Hall–Kier alpha value is -3.03. The highest BCUT2D eigenvalue weighted by Gasteiger charge is 2.21. The molecule has 0 fully saturated rings. The third kappa shape index (κ3) is 23.7. The summed E-state index contributed by atoms with van der Waals surface area (Å²) in [5.41, 5.74) is 2.68. The normalized spacial score (nSPS) is 12.4. The van der Waals surface area contributed by atoms with Gasteiger partial charge in [-0.25, -0.2) is 13.2 Å². The zero-order valence-corrected chi connectivity index (χ0v) is 26.0. The minimum atomic E-state index is -3.88. The smallest absolute Gasteiger partial charge is 0.326 e. The van der Waals surface area contributed by atoms with Gasteiger partial charge < -0.3 is 21.1 Å². The second-order valence-electron chi connectivity index (χ2n) is 10.6.